The van der Waals surface area contributed by atoms with E-state index in [9.17, 15) is 0 Å². The second-order valence-corrected chi connectivity index (χ2v) is 2.43. The molecule has 0 heterocycles. The highest BCUT2D eigenvalue weighted by Crippen LogP contribution is 2.09. The topological polar surface area (TPSA) is 20.2 Å². The van der Waals surface area contributed by atoms with Crippen molar-refractivity contribution >= 4 is 0 Å². The first-order valence-electron chi connectivity index (χ1n) is 4.09. The second-order valence-electron chi connectivity index (χ2n) is 2.43. The molecule has 0 atom stereocenters. The fourth-order valence-corrected chi connectivity index (χ4v) is 0.732. The molecule has 0 unspecified atom stereocenters. The molecule has 1 aromatic rings. The van der Waals surface area contributed by atoms with Crippen LogP contribution in [0.3, 0.4) is 0 Å². The van der Waals surface area contributed by atoms with E-state index in [2.05, 4.69) is 13.5 Å². The summed E-state index contributed by atoms with van der Waals surface area (Å²) in [6.45, 7) is 7.34. The van der Waals surface area contributed by atoms with Crippen LogP contribution >= 0.6 is 0 Å². The van der Waals surface area contributed by atoms with Crippen LogP contribution in [0.2, 0.25) is 0 Å². The van der Waals surface area contributed by atoms with E-state index in [-0.39, 0.29) is 0 Å². The number of aromatic hydroxyl groups is 1. The summed E-state index contributed by atoms with van der Waals surface area (Å²) in [5.41, 5.74) is 1.26. The summed E-state index contributed by atoms with van der Waals surface area (Å²) in [4.78, 5) is 0. The predicted molar refractivity (Wildman–Crippen MR) is 53.4 cm³/mol. The van der Waals surface area contributed by atoms with E-state index >= 15 is 0 Å². The van der Waals surface area contributed by atoms with Crippen molar-refractivity contribution in [2.45, 2.75) is 20.3 Å². The van der Waals surface area contributed by atoms with E-state index in [1.165, 1.54) is 5.56 Å². The molecular formula is C11H16O. The third kappa shape index (κ3) is 4.56. The number of aryl methyl sites for hydroxylation is 1. The summed E-state index contributed by atoms with van der Waals surface area (Å²) in [5, 5.41) is 8.85. The minimum Gasteiger partial charge on any atom is -0.508 e. The first-order chi connectivity index (χ1) is 5.74. The summed E-state index contributed by atoms with van der Waals surface area (Å²) in [5.74, 6) is 0.340. The van der Waals surface area contributed by atoms with Gasteiger partial charge in [-0.2, -0.15) is 0 Å². The van der Waals surface area contributed by atoms with Crippen LogP contribution in [-0.2, 0) is 6.42 Å². The molecule has 0 aliphatic heterocycles. The van der Waals surface area contributed by atoms with Crippen molar-refractivity contribution in [2.75, 3.05) is 0 Å². The Morgan fingerprint density at radius 1 is 1.33 bits per heavy atom. The molecule has 0 fully saturated rings. The molecule has 0 bridgehead atoms. The van der Waals surface area contributed by atoms with E-state index in [4.69, 9.17) is 5.11 Å². The minimum atomic E-state index is 0.340. The van der Waals surface area contributed by atoms with Crippen LogP contribution in [0.15, 0.2) is 36.9 Å². The maximum absolute atomic E-state index is 8.85. The third-order valence-corrected chi connectivity index (χ3v) is 1.34. The quantitative estimate of drug-likeness (QED) is 0.632. The van der Waals surface area contributed by atoms with Crippen LogP contribution in [0.1, 0.15) is 19.4 Å². The summed E-state index contributed by atoms with van der Waals surface area (Å²) in [7, 11) is 0. The highest BCUT2D eigenvalue weighted by Gasteiger charge is 1.86. The standard InChI is InChI=1S/C8H10O.C3H6/c1-2-7-3-5-8(9)6-4-7;1-3-2/h3-6,9H,2H2,1H3;3H,1H2,2H3. The largest absolute Gasteiger partial charge is 0.508 e. The molecule has 12 heavy (non-hydrogen) atoms. The Balaban J connectivity index is 0.000000354. The van der Waals surface area contributed by atoms with Gasteiger partial charge in [0.1, 0.15) is 5.75 Å². The van der Waals surface area contributed by atoms with E-state index in [0.29, 0.717) is 5.75 Å². The highest BCUT2D eigenvalue weighted by atomic mass is 16.3. The van der Waals surface area contributed by atoms with Gasteiger partial charge in [-0.05, 0) is 31.0 Å². The summed E-state index contributed by atoms with van der Waals surface area (Å²) in [6, 6.07) is 7.27. The Kier molecular flexibility index (Phi) is 5.80. The van der Waals surface area contributed by atoms with Gasteiger partial charge in [-0.15, -0.1) is 6.58 Å². The van der Waals surface area contributed by atoms with Gasteiger partial charge >= 0.3 is 0 Å². The van der Waals surface area contributed by atoms with Crippen molar-refractivity contribution in [3.05, 3.63) is 42.5 Å². The molecule has 0 aliphatic carbocycles. The van der Waals surface area contributed by atoms with Crippen molar-refractivity contribution in [2.24, 2.45) is 0 Å². The number of benzene rings is 1. The van der Waals surface area contributed by atoms with E-state index in [0.717, 1.165) is 6.42 Å². The fraction of sp³-hybridized carbons (Fsp3) is 0.273. The lowest BCUT2D eigenvalue weighted by Gasteiger charge is -1.93. The summed E-state index contributed by atoms with van der Waals surface area (Å²) < 4.78 is 0. The number of phenolic OH excluding ortho intramolecular Hbond substituents is 1. The molecule has 66 valence electrons. The maximum atomic E-state index is 8.85. The molecular weight excluding hydrogens is 148 g/mol. The minimum absolute atomic E-state index is 0.340. The van der Waals surface area contributed by atoms with Gasteiger partial charge in [-0.3, -0.25) is 0 Å². The maximum Gasteiger partial charge on any atom is 0.115 e. The van der Waals surface area contributed by atoms with Gasteiger partial charge in [-0.25, -0.2) is 0 Å². The lowest BCUT2D eigenvalue weighted by molar-refractivity contribution is 0.475. The normalized spacial score (nSPS) is 8.17. The van der Waals surface area contributed by atoms with E-state index < -0.39 is 0 Å². The average molecular weight is 164 g/mol. The molecule has 0 aliphatic rings. The van der Waals surface area contributed by atoms with E-state index in [1.54, 1.807) is 18.2 Å². The number of rotatable bonds is 1. The van der Waals surface area contributed by atoms with Crippen LogP contribution in [0.5, 0.6) is 5.75 Å². The first kappa shape index (κ1) is 10.8. The SMILES string of the molecule is C=CC.CCc1ccc(O)cc1. The Morgan fingerprint density at radius 2 is 1.75 bits per heavy atom. The monoisotopic (exact) mass is 164 g/mol. The first-order valence-corrected chi connectivity index (χ1v) is 4.09. The van der Waals surface area contributed by atoms with Gasteiger partial charge in [0.05, 0.1) is 0 Å². The van der Waals surface area contributed by atoms with Crippen molar-refractivity contribution < 1.29 is 5.11 Å². The fourth-order valence-electron chi connectivity index (χ4n) is 0.732. The Labute approximate surface area is 74.4 Å². The van der Waals surface area contributed by atoms with Gasteiger partial charge < -0.3 is 5.11 Å². The Hall–Kier alpha value is -1.24. The second kappa shape index (κ2) is 6.47. The molecule has 1 rings (SSSR count). The zero-order chi connectivity index (χ0) is 9.40. The molecule has 0 amide bonds. The Morgan fingerprint density at radius 3 is 2.08 bits per heavy atom. The molecule has 0 saturated carbocycles. The lowest BCUT2D eigenvalue weighted by Crippen LogP contribution is -1.75. The molecule has 1 N–H and O–H groups in total. The van der Waals surface area contributed by atoms with Crippen LogP contribution in [0.25, 0.3) is 0 Å². The van der Waals surface area contributed by atoms with Gasteiger partial charge in [-0.1, -0.05) is 25.1 Å². The van der Waals surface area contributed by atoms with Gasteiger partial charge in [0.25, 0.3) is 0 Å². The molecule has 0 spiro atoms. The molecule has 1 nitrogen and oxygen atoms in total. The molecule has 0 aromatic heterocycles. The number of phenols is 1. The zero-order valence-electron chi connectivity index (χ0n) is 7.75. The summed E-state index contributed by atoms with van der Waals surface area (Å²) in [6.07, 6.45) is 2.78. The molecule has 1 aromatic carbocycles. The lowest BCUT2D eigenvalue weighted by atomic mass is 10.2. The van der Waals surface area contributed by atoms with Crippen LogP contribution in [0, 0.1) is 0 Å². The Bertz CT molecular complexity index is 211. The number of hydrogen-bond acceptors (Lipinski definition) is 1. The molecule has 0 saturated heterocycles. The third-order valence-electron chi connectivity index (χ3n) is 1.34. The number of allylic oxidation sites excluding steroid dienone is 1. The highest BCUT2D eigenvalue weighted by molar-refractivity contribution is 5.25. The van der Waals surface area contributed by atoms with Crippen LogP contribution in [-0.4, -0.2) is 5.11 Å². The van der Waals surface area contributed by atoms with Crippen molar-refractivity contribution in [3.8, 4) is 5.75 Å². The zero-order valence-corrected chi connectivity index (χ0v) is 7.75. The number of hydrogen-bond donors (Lipinski definition) is 1. The van der Waals surface area contributed by atoms with Gasteiger partial charge in [0.15, 0.2) is 0 Å². The summed E-state index contributed by atoms with van der Waals surface area (Å²) >= 11 is 0. The van der Waals surface area contributed by atoms with Crippen molar-refractivity contribution in [1.82, 2.24) is 0 Å². The van der Waals surface area contributed by atoms with Gasteiger partial charge in [0.2, 0.25) is 0 Å². The van der Waals surface area contributed by atoms with Crippen LogP contribution in [0.4, 0.5) is 0 Å². The predicted octanol–water partition coefficient (Wildman–Crippen LogP) is 3.15. The van der Waals surface area contributed by atoms with Gasteiger partial charge in [0, 0.05) is 0 Å². The molecule has 0 radical (unpaired) electrons. The van der Waals surface area contributed by atoms with E-state index in [1.807, 2.05) is 19.1 Å². The smallest absolute Gasteiger partial charge is 0.115 e. The average Bonchev–Trinajstić information content (AvgIpc) is 2.07. The van der Waals surface area contributed by atoms with Crippen molar-refractivity contribution in [1.29, 1.82) is 0 Å². The molecule has 1 heteroatoms. The van der Waals surface area contributed by atoms with Crippen LogP contribution < -0.4 is 0 Å². The van der Waals surface area contributed by atoms with Crippen molar-refractivity contribution in [3.63, 3.8) is 0 Å².